The molecular formula is C49H96NO10P. The van der Waals surface area contributed by atoms with E-state index in [9.17, 15) is 34.1 Å². The summed E-state index contributed by atoms with van der Waals surface area (Å²) in [6.45, 7) is 2.65. The van der Waals surface area contributed by atoms with Gasteiger partial charge in [-0.25, -0.2) is 9.36 Å². The topological polar surface area (TPSA) is 169 Å². The number of carbonyl (C=O) groups excluding carboxylic acids is 2. The van der Waals surface area contributed by atoms with E-state index in [0.717, 1.165) is 38.5 Å². The number of hydrogen-bond donors (Lipinski definition) is 4. The Morgan fingerprint density at radius 1 is 0.459 bits per heavy atom. The van der Waals surface area contributed by atoms with Gasteiger partial charge in [0.2, 0.25) is 5.91 Å². The van der Waals surface area contributed by atoms with Crippen molar-refractivity contribution in [2.45, 2.75) is 276 Å². The van der Waals surface area contributed by atoms with Gasteiger partial charge >= 0.3 is 19.8 Å². The number of aliphatic hydroxyl groups is 1. The first-order valence-electron chi connectivity index (χ1n) is 25.6. The minimum atomic E-state index is -4.75. The third kappa shape index (κ3) is 44.9. The summed E-state index contributed by atoms with van der Waals surface area (Å²) in [4.78, 5) is 46.0. The first-order chi connectivity index (χ1) is 29.6. The number of rotatable bonds is 49. The Kier molecular flexibility index (Phi) is 43.9. The highest BCUT2D eigenvalue weighted by molar-refractivity contribution is 7.47. The maximum atomic E-state index is 12.3. The second-order valence-electron chi connectivity index (χ2n) is 17.7. The van der Waals surface area contributed by atoms with Crippen molar-refractivity contribution in [2.75, 3.05) is 19.8 Å². The molecule has 0 rings (SSSR count). The summed E-state index contributed by atoms with van der Waals surface area (Å²) < 4.78 is 26.9. The van der Waals surface area contributed by atoms with E-state index in [0.29, 0.717) is 12.8 Å². The minimum Gasteiger partial charge on any atom is -0.480 e. The van der Waals surface area contributed by atoms with E-state index in [-0.39, 0.29) is 12.8 Å². The number of amides is 1. The number of esters is 1. The molecule has 0 aliphatic carbocycles. The molecule has 0 spiro atoms. The third-order valence-electron chi connectivity index (χ3n) is 11.6. The molecule has 0 bridgehead atoms. The van der Waals surface area contributed by atoms with Crippen molar-refractivity contribution in [2.24, 2.45) is 0 Å². The van der Waals surface area contributed by atoms with Crippen LogP contribution in [0.25, 0.3) is 0 Å². The SMILES string of the molecule is CCCCCCCCCCCCCCCCCCCCCCCCCC(=O)OCC(O)COP(=O)(O)OCC(NC(=O)CCCCCCCCCCCCCCCC)C(=O)O. The van der Waals surface area contributed by atoms with Crippen LogP contribution >= 0.6 is 7.82 Å². The van der Waals surface area contributed by atoms with Crippen molar-refractivity contribution in [3.05, 3.63) is 0 Å². The van der Waals surface area contributed by atoms with Gasteiger partial charge < -0.3 is 25.2 Å². The number of hydrogen-bond acceptors (Lipinski definition) is 8. The molecule has 1 amide bonds. The van der Waals surface area contributed by atoms with E-state index in [1.54, 1.807) is 0 Å². The van der Waals surface area contributed by atoms with Crippen LogP contribution in [0.3, 0.4) is 0 Å². The maximum Gasteiger partial charge on any atom is 0.472 e. The quantitative estimate of drug-likeness (QED) is 0.0262. The summed E-state index contributed by atoms with van der Waals surface area (Å²) in [7, 11) is -4.75. The fraction of sp³-hybridized carbons (Fsp3) is 0.939. The van der Waals surface area contributed by atoms with E-state index in [1.165, 1.54) is 186 Å². The van der Waals surface area contributed by atoms with Crippen molar-refractivity contribution in [1.29, 1.82) is 0 Å². The molecule has 61 heavy (non-hydrogen) atoms. The summed E-state index contributed by atoms with van der Waals surface area (Å²) in [5.41, 5.74) is 0. The Labute approximate surface area is 374 Å². The average molecular weight is 890 g/mol. The zero-order valence-electron chi connectivity index (χ0n) is 39.5. The van der Waals surface area contributed by atoms with Gasteiger partial charge in [0.1, 0.15) is 12.7 Å². The molecule has 0 saturated carbocycles. The van der Waals surface area contributed by atoms with Crippen molar-refractivity contribution >= 4 is 25.7 Å². The average Bonchev–Trinajstić information content (AvgIpc) is 3.24. The minimum absolute atomic E-state index is 0.152. The number of ether oxygens (including phenoxy) is 1. The van der Waals surface area contributed by atoms with Crippen LogP contribution in [-0.4, -0.2) is 64.9 Å². The van der Waals surface area contributed by atoms with Crippen LogP contribution in [0.4, 0.5) is 0 Å². The molecule has 0 saturated heterocycles. The molecule has 0 aromatic heterocycles. The lowest BCUT2D eigenvalue weighted by molar-refractivity contribution is -0.147. The molecule has 4 N–H and O–H groups in total. The lowest BCUT2D eigenvalue weighted by Crippen LogP contribution is -2.43. The Bertz CT molecular complexity index is 1050. The van der Waals surface area contributed by atoms with Crippen molar-refractivity contribution in [3.63, 3.8) is 0 Å². The van der Waals surface area contributed by atoms with Crippen LogP contribution in [0.2, 0.25) is 0 Å². The van der Waals surface area contributed by atoms with E-state index >= 15 is 0 Å². The van der Waals surface area contributed by atoms with Crippen LogP contribution in [0.15, 0.2) is 0 Å². The summed E-state index contributed by atoms with van der Waals surface area (Å²) in [5.74, 6) is -2.35. The van der Waals surface area contributed by atoms with Crippen LogP contribution in [-0.2, 0) is 32.7 Å². The van der Waals surface area contributed by atoms with Gasteiger partial charge in [0.15, 0.2) is 6.04 Å². The molecule has 0 aliphatic heterocycles. The lowest BCUT2D eigenvalue weighted by Gasteiger charge is -2.18. The lowest BCUT2D eigenvalue weighted by atomic mass is 10.0. The Morgan fingerprint density at radius 2 is 0.754 bits per heavy atom. The first-order valence-corrected chi connectivity index (χ1v) is 27.1. The van der Waals surface area contributed by atoms with Crippen molar-refractivity contribution in [1.82, 2.24) is 5.32 Å². The fourth-order valence-corrected chi connectivity index (χ4v) is 8.44. The number of carboxylic acid groups (broad SMARTS) is 1. The van der Waals surface area contributed by atoms with E-state index in [4.69, 9.17) is 13.8 Å². The molecule has 3 atom stereocenters. The number of aliphatic carboxylic acids is 1. The van der Waals surface area contributed by atoms with Crippen LogP contribution in [0.1, 0.15) is 264 Å². The second kappa shape index (κ2) is 45.1. The van der Waals surface area contributed by atoms with Crippen molar-refractivity contribution in [3.8, 4) is 0 Å². The molecule has 0 aliphatic rings. The van der Waals surface area contributed by atoms with Gasteiger partial charge in [0, 0.05) is 12.8 Å². The predicted octanol–water partition coefficient (Wildman–Crippen LogP) is 13.8. The molecule has 362 valence electrons. The standard InChI is InChI=1S/C49H96NO10P/c1-3-5-7-9-11-13-15-17-19-20-21-22-23-24-25-26-27-29-31-33-35-37-39-41-48(53)58-42-45(51)43-59-61(56,57)60-44-46(49(54)55)50-47(52)40-38-36-34-32-30-28-18-16-14-12-10-8-6-4-2/h45-46,51H,3-44H2,1-2H3,(H,50,52)(H,54,55)(H,56,57). The molecule has 12 heteroatoms. The van der Waals surface area contributed by atoms with Gasteiger partial charge in [-0.2, -0.15) is 0 Å². The Hall–Kier alpha value is -1.52. The zero-order valence-corrected chi connectivity index (χ0v) is 40.4. The summed E-state index contributed by atoms with van der Waals surface area (Å²) >= 11 is 0. The fourth-order valence-electron chi connectivity index (χ4n) is 7.67. The molecule has 3 unspecified atom stereocenters. The Morgan fingerprint density at radius 3 is 1.08 bits per heavy atom. The van der Waals surface area contributed by atoms with E-state index in [1.807, 2.05) is 0 Å². The van der Waals surface area contributed by atoms with Gasteiger partial charge in [-0.1, -0.05) is 239 Å². The predicted molar refractivity (Wildman–Crippen MR) is 250 cm³/mol. The molecule has 0 heterocycles. The first kappa shape index (κ1) is 59.5. The molecule has 11 nitrogen and oxygen atoms in total. The smallest absolute Gasteiger partial charge is 0.472 e. The van der Waals surface area contributed by atoms with E-state index < -0.39 is 57.6 Å². The summed E-state index contributed by atoms with van der Waals surface area (Å²) in [6.07, 6.45) is 45.6. The molecule has 0 aromatic rings. The Balaban J connectivity index is 3.74. The number of nitrogens with one attached hydrogen (secondary N) is 1. The van der Waals surface area contributed by atoms with Gasteiger partial charge in [0.05, 0.1) is 13.2 Å². The molecule has 0 aromatic carbocycles. The highest BCUT2D eigenvalue weighted by Gasteiger charge is 2.28. The number of aliphatic hydroxyl groups excluding tert-OH is 1. The molecule has 0 fully saturated rings. The second-order valence-corrected chi connectivity index (χ2v) is 19.2. The normalized spacial score (nSPS) is 13.5. The monoisotopic (exact) mass is 890 g/mol. The maximum absolute atomic E-state index is 12.3. The van der Waals surface area contributed by atoms with Gasteiger partial charge in [0.25, 0.3) is 0 Å². The number of phosphoric acid groups is 1. The van der Waals surface area contributed by atoms with Gasteiger partial charge in [-0.3, -0.25) is 18.6 Å². The van der Waals surface area contributed by atoms with Crippen LogP contribution in [0.5, 0.6) is 0 Å². The third-order valence-corrected chi connectivity index (χ3v) is 12.6. The number of phosphoric ester groups is 1. The van der Waals surface area contributed by atoms with Gasteiger partial charge in [-0.15, -0.1) is 0 Å². The zero-order chi connectivity index (χ0) is 44.9. The van der Waals surface area contributed by atoms with Crippen LogP contribution < -0.4 is 5.32 Å². The molecular weight excluding hydrogens is 794 g/mol. The summed E-state index contributed by atoms with van der Waals surface area (Å²) in [6, 6.07) is -1.54. The summed E-state index contributed by atoms with van der Waals surface area (Å²) in [5, 5.41) is 21.9. The van der Waals surface area contributed by atoms with Crippen LogP contribution in [0, 0.1) is 0 Å². The van der Waals surface area contributed by atoms with Gasteiger partial charge in [-0.05, 0) is 12.8 Å². The highest BCUT2D eigenvalue weighted by Crippen LogP contribution is 2.43. The highest BCUT2D eigenvalue weighted by atomic mass is 31.2. The van der Waals surface area contributed by atoms with Crippen molar-refractivity contribution < 1.29 is 47.8 Å². The molecule has 0 radical (unpaired) electrons. The van der Waals surface area contributed by atoms with E-state index in [2.05, 4.69) is 19.2 Å². The number of unbranched alkanes of at least 4 members (excludes halogenated alkanes) is 35. The largest absolute Gasteiger partial charge is 0.480 e. The number of carboxylic acids is 1. The number of carbonyl (C=O) groups is 3.